The summed E-state index contributed by atoms with van der Waals surface area (Å²) in [5.74, 6) is -0.183. The molecule has 202 valence electrons. The molecule has 9 heteroatoms. The number of urea groups is 1. The maximum atomic E-state index is 13.7. The van der Waals surface area contributed by atoms with Gasteiger partial charge in [-0.1, -0.05) is 30.3 Å². The van der Waals surface area contributed by atoms with E-state index in [9.17, 15) is 9.59 Å². The van der Waals surface area contributed by atoms with E-state index in [4.69, 9.17) is 4.74 Å². The molecule has 0 saturated carbocycles. The molecule has 3 amide bonds. The van der Waals surface area contributed by atoms with Crippen molar-refractivity contribution >= 4 is 11.9 Å². The number of aromatic nitrogens is 2. The van der Waals surface area contributed by atoms with Crippen LogP contribution in [0, 0.1) is 0 Å². The monoisotopic (exact) mass is 510 g/mol. The third-order valence-electron chi connectivity index (χ3n) is 6.93. The number of carbonyl (C=O) groups excluding carboxylic acids is 2. The van der Waals surface area contributed by atoms with E-state index < -0.39 is 0 Å². The zero-order valence-corrected chi connectivity index (χ0v) is 22.6. The van der Waals surface area contributed by atoms with Crippen molar-refractivity contribution in [1.29, 1.82) is 0 Å². The van der Waals surface area contributed by atoms with Gasteiger partial charge in [0.15, 0.2) is 0 Å². The molecular formula is C28H42N6O3. The van der Waals surface area contributed by atoms with Crippen LogP contribution in [0.1, 0.15) is 43.4 Å². The first-order chi connectivity index (χ1) is 17.9. The van der Waals surface area contributed by atoms with E-state index in [0.717, 1.165) is 50.8 Å². The van der Waals surface area contributed by atoms with Gasteiger partial charge in [-0.3, -0.25) is 4.79 Å². The van der Waals surface area contributed by atoms with Crippen molar-refractivity contribution < 1.29 is 14.3 Å². The number of hydrogen-bond acceptors (Lipinski definition) is 6. The molecule has 1 atom stereocenters. The summed E-state index contributed by atoms with van der Waals surface area (Å²) in [4.78, 5) is 40.5. The summed E-state index contributed by atoms with van der Waals surface area (Å²) in [5, 5.41) is 2.90. The van der Waals surface area contributed by atoms with Crippen molar-refractivity contribution in [1.82, 2.24) is 30.0 Å². The second kappa shape index (κ2) is 14.6. The normalized spacial score (nSPS) is 17.6. The van der Waals surface area contributed by atoms with Crippen LogP contribution in [0.5, 0.6) is 0 Å². The summed E-state index contributed by atoms with van der Waals surface area (Å²) in [6.07, 6.45) is 8.60. The fraction of sp³-hybridized carbons (Fsp3) is 0.571. The van der Waals surface area contributed by atoms with Crippen LogP contribution in [0.15, 0.2) is 48.9 Å². The Morgan fingerprint density at radius 2 is 1.92 bits per heavy atom. The Kier molecular flexibility index (Phi) is 11.3. The molecule has 1 aromatic carbocycles. The summed E-state index contributed by atoms with van der Waals surface area (Å²) in [5.41, 5.74) is 1.74. The van der Waals surface area contributed by atoms with E-state index in [2.05, 4.69) is 58.5 Å². The van der Waals surface area contributed by atoms with Crippen LogP contribution in [0.3, 0.4) is 0 Å². The van der Waals surface area contributed by atoms with Crippen LogP contribution >= 0.6 is 0 Å². The van der Waals surface area contributed by atoms with Crippen molar-refractivity contribution in [2.45, 2.75) is 50.6 Å². The van der Waals surface area contributed by atoms with Gasteiger partial charge in [0.1, 0.15) is 12.9 Å². The Balaban J connectivity index is 1.72. The summed E-state index contributed by atoms with van der Waals surface area (Å²) in [7, 11) is 5.84. The average molecular weight is 511 g/mol. The number of rotatable bonds is 16. The first-order valence-electron chi connectivity index (χ1n) is 13.2. The van der Waals surface area contributed by atoms with E-state index in [1.165, 1.54) is 11.9 Å². The average Bonchev–Trinajstić information content (AvgIpc) is 3.14. The quantitative estimate of drug-likeness (QED) is 0.349. The fourth-order valence-electron chi connectivity index (χ4n) is 5.09. The molecule has 1 aliphatic heterocycles. The number of carbonyl (C=O) groups is 2. The van der Waals surface area contributed by atoms with Crippen molar-refractivity contribution in [2.75, 3.05) is 54.0 Å². The third kappa shape index (κ3) is 8.79. The Labute approximate surface area is 221 Å². The third-order valence-corrected chi connectivity index (χ3v) is 6.93. The summed E-state index contributed by atoms with van der Waals surface area (Å²) in [6, 6.07) is 12.2. The van der Waals surface area contributed by atoms with Crippen LogP contribution in [-0.4, -0.2) is 96.1 Å². The van der Waals surface area contributed by atoms with Crippen molar-refractivity contribution in [2.24, 2.45) is 0 Å². The lowest BCUT2D eigenvalue weighted by Gasteiger charge is -2.38. The van der Waals surface area contributed by atoms with Crippen LogP contribution in [-0.2, 0) is 22.5 Å². The summed E-state index contributed by atoms with van der Waals surface area (Å²) >= 11 is 0. The number of ether oxygens (including phenoxy) is 1. The molecule has 1 fully saturated rings. The predicted octanol–water partition coefficient (Wildman–Crippen LogP) is 2.97. The highest BCUT2D eigenvalue weighted by Gasteiger charge is 2.48. The maximum absolute atomic E-state index is 13.7. The number of aryl methyl sites for hydroxylation is 1. The molecule has 2 heterocycles. The molecule has 3 rings (SSSR count). The molecule has 37 heavy (non-hydrogen) atoms. The first kappa shape index (κ1) is 28.5. The fourth-order valence-corrected chi connectivity index (χ4v) is 5.09. The lowest BCUT2D eigenvalue weighted by atomic mass is 9.85. The number of amides is 3. The molecule has 1 aliphatic rings. The summed E-state index contributed by atoms with van der Waals surface area (Å²) < 4.78 is 5.29. The van der Waals surface area contributed by atoms with Crippen molar-refractivity contribution in [3.05, 3.63) is 60.2 Å². The lowest BCUT2D eigenvalue weighted by Crippen LogP contribution is -2.48. The van der Waals surface area contributed by atoms with Crippen LogP contribution in [0.2, 0.25) is 0 Å². The number of benzene rings is 1. The highest BCUT2D eigenvalue weighted by atomic mass is 16.5. The highest BCUT2D eigenvalue weighted by Crippen LogP contribution is 2.36. The molecule has 1 aromatic heterocycles. The van der Waals surface area contributed by atoms with E-state index >= 15 is 0 Å². The molecule has 0 spiro atoms. The minimum absolute atomic E-state index is 0.0405. The number of hydrogen-bond donors (Lipinski definition) is 1. The Bertz CT molecular complexity index is 959. The minimum Gasteiger partial charge on any atom is -0.385 e. The van der Waals surface area contributed by atoms with E-state index in [0.29, 0.717) is 26.2 Å². The van der Waals surface area contributed by atoms with E-state index in [1.807, 2.05) is 11.0 Å². The van der Waals surface area contributed by atoms with Crippen LogP contribution in [0.25, 0.3) is 0 Å². The molecular weight excluding hydrogens is 468 g/mol. The maximum Gasteiger partial charge on any atom is 0.321 e. The molecule has 0 aliphatic carbocycles. The van der Waals surface area contributed by atoms with Gasteiger partial charge in [0.25, 0.3) is 0 Å². The van der Waals surface area contributed by atoms with Gasteiger partial charge >= 0.3 is 6.03 Å². The number of methoxy groups -OCH3 is 1. The Morgan fingerprint density at radius 3 is 2.62 bits per heavy atom. The standard InChI is InChI=1S/C28H42N6O3/c1-32(2)17-8-15-28(14-7-12-24-10-5-4-6-11-24)22-33(27(36)34(28)18-9-19-37-3)21-26(35)30-20-25-13-16-29-23-31-25/h4-6,10-11,13,16,23H,7-9,12,14-15,17-22H2,1-3H3,(H,30,35)/t28-/m1/s1. The summed E-state index contributed by atoms with van der Waals surface area (Å²) in [6.45, 7) is 3.09. The zero-order valence-electron chi connectivity index (χ0n) is 22.6. The van der Waals surface area contributed by atoms with Crippen molar-refractivity contribution in [3.63, 3.8) is 0 Å². The largest absolute Gasteiger partial charge is 0.385 e. The number of nitrogens with zero attached hydrogens (tertiary/aromatic N) is 5. The van der Waals surface area contributed by atoms with Gasteiger partial charge in [-0.05, 0) is 70.8 Å². The topological polar surface area (TPSA) is 90.9 Å². The molecule has 0 radical (unpaired) electrons. The van der Waals surface area contributed by atoms with Gasteiger partial charge in [0.2, 0.25) is 5.91 Å². The molecule has 1 saturated heterocycles. The Morgan fingerprint density at radius 1 is 1.14 bits per heavy atom. The van der Waals surface area contributed by atoms with Gasteiger partial charge in [0.05, 0.1) is 17.8 Å². The molecule has 1 N–H and O–H groups in total. The smallest absolute Gasteiger partial charge is 0.321 e. The zero-order chi connectivity index (χ0) is 26.5. The second-order valence-corrected chi connectivity index (χ2v) is 10.1. The highest BCUT2D eigenvalue weighted by molar-refractivity contribution is 5.85. The van der Waals surface area contributed by atoms with Gasteiger partial charge in [-0.2, -0.15) is 0 Å². The molecule has 0 unspecified atom stereocenters. The lowest BCUT2D eigenvalue weighted by molar-refractivity contribution is -0.121. The van der Waals surface area contributed by atoms with Gasteiger partial charge in [-0.25, -0.2) is 14.8 Å². The molecule has 2 aromatic rings. The van der Waals surface area contributed by atoms with E-state index in [-0.39, 0.29) is 24.0 Å². The molecule has 9 nitrogen and oxygen atoms in total. The molecule has 0 bridgehead atoms. The van der Waals surface area contributed by atoms with Gasteiger partial charge in [-0.15, -0.1) is 0 Å². The van der Waals surface area contributed by atoms with Crippen LogP contribution in [0.4, 0.5) is 4.79 Å². The van der Waals surface area contributed by atoms with Gasteiger partial charge in [0, 0.05) is 33.0 Å². The van der Waals surface area contributed by atoms with Crippen LogP contribution < -0.4 is 5.32 Å². The second-order valence-electron chi connectivity index (χ2n) is 10.1. The number of nitrogens with one attached hydrogen (secondary N) is 1. The predicted molar refractivity (Wildman–Crippen MR) is 144 cm³/mol. The van der Waals surface area contributed by atoms with Crippen molar-refractivity contribution in [3.8, 4) is 0 Å². The first-order valence-corrected chi connectivity index (χ1v) is 13.2. The van der Waals surface area contributed by atoms with Gasteiger partial charge < -0.3 is 24.8 Å². The minimum atomic E-state index is -0.303. The van der Waals surface area contributed by atoms with E-state index in [1.54, 1.807) is 24.3 Å². The Hall–Kier alpha value is -3.04. The SMILES string of the molecule is COCCCN1C(=O)N(CC(=O)NCc2ccncn2)C[C@@]1(CCCc1ccccc1)CCCN(C)C.